The molecule has 0 saturated heterocycles. The SMILES string of the molecule is COC[CH][C@H](O)C(N)=O. The first-order valence-corrected chi connectivity index (χ1v) is 2.48. The minimum Gasteiger partial charge on any atom is -0.384 e. The zero-order chi connectivity index (χ0) is 7.28. The summed E-state index contributed by atoms with van der Waals surface area (Å²) in [6.07, 6.45) is 0.0902. The first-order chi connectivity index (χ1) is 4.18. The minimum atomic E-state index is -1.19. The molecule has 0 aliphatic carbocycles. The van der Waals surface area contributed by atoms with E-state index >= 15 is 0 Å². The van der Waals surface area contributed by atoms with Crippen molar-refractivity contribution in [3.05, 3.63) is 6.42 Å². The van der Waals surface area contributed by atoms with Crippen LogP contribution in [0.1, 0.15) is 0 Å². The Balaban J connectivity index is 3.27. The second kappa shape index (κ2) is 4.29. The molecular weight excluding hydrogens is 122 g/mol. The molecule has 1 radical (unpaired) electrons. The molecule has 0 heterocycles. The summed E-state index contributed by atoms with van der Waals surface area (Å²) in [5.41, 5.74) is 4.70. The summed E-state index contributed by atoms with van der Waals surface area (Å²) in [5, 5.41) is 8.65. The lowest BCUT2D eigenvalue weighted by Crippen LogP contribution is -2.29. The van der Waals surface area contributed by atoms with Gasteiger partial charge in [0.1, 0.15) is 6.10 Å². The molecule has 9 heavy (non-hydrogen) atoms. The van der Waals surface area contributed by atoms with Gasteiger partial charge in [0, 0.05) is 13.5 Å². The second-order valence-corrected chi connectivity index (χ2v) is 1.54. The molecule has 0 saturated carbocycles. The molecule has 0 aromatic heterocycles. The normalized spacial score (nSPS) is 13.1. The highest BCUT2D eigenvalue weighted by Crippen LogP contribution is 1.86. The predicted molar refractivity (Wildman–Crippen MR) is 31.4 cm³/mol. The van der Waals surface area contributed by atoms with Crippen molar-refractivity contribution >= 4 is 5.91 Å². The van der Waals surface area contributed by atoms with E-state index in [-0.39, 0.29) is 6.61 Å². The quantitative estimate of drug-likeness (QED) is 0.498. The molecule has 0 bridgehead atoms. The number of nitrogens with two attached hydrogens (primary N) is 1. The number of ether oxygens (including phenoxy) is 1. The van der Waals surface area contributed by atoms with Crippen LogP contribution in [0.5, 0.6) is 0 Å². The van der Waals surface area contributed by atoms with E-state index in [0.717, 1.165) is 0 Å². The molecule has 0 aliphatic heterocycles. The molecule has 53 valence electrons. The van der Waals surface area contributed by atoms with E-state index in [1.807, 2.05) is 0 Å². The molecule has 1 amide bonds. The van der Waals surface area contributed by atoms with Crippen LogP contribution in [0, 0.1) is 6.42 Å². The maximum atomic E-state index is 10.1. The van der Waals surface area contributed by atoms with Gasteiger partial charge in [-0.15, -0.1) is 0 Å². The fourth-order valence-corrected chi connectivity index (χ4v) is 0.304. The average Bonchev–Trinajstić information content (AvgIpc) is 1.82. The number of aliphatic hydroxyl groups is 1. The lowest BCUT2D eigenvalue weighted by Gasteiger charge is -2.02. The van der Waals surface area contributed by atoms with Crippen LogP contribution in [-0.4, -0.2) is 30.8 Å². The molecule has 3 N–H and O–H groups in total. The standard InChI is InChI=1S/C5H10NO3/c1-9-3-2-4(7)5(6)8/h2,4,7H,3H2,1H3,(H2,6,8)/t4-/m0/s1. The summed E-state index contributed by atoms with van der Waals surface area (Å²) < 4.78 is 4.54. The number of rotatable bonds is 4. The van der Waals surface area contributed by atoms with Crippen LogP contribution in [-0.2, 0) is 9.53 Å². The van der Waals surface area contributed by atoms with Crippen molar-refractivity contribution in [1.82, 2.24) is 0 Å². The van der Waals surface area contributed by atoms with E-state index in [2.05, 4.69) is 4.74 Å². The van der Waals surface area contributed by atoms with Gasteiger partial charge in [0.15, 0.2) is 0 Å². The van der Waals surface area contributed by atoms with Gasteiger partial charge in [0.2, 0.25) is 5.91 Å². The average molecular weight is 132 g/mol. The molecule has 0 spiro atoms. The molecule has 0 unspecified atom stereocenters. The van der Waals surface area contributed by atoms with Gasteiger partial charge < -0.3 is 15.6 Å². The van der Waals surface area contributed by atoms with Gasteiger partial charge in [0.05, 0.1) is 6.61 Å². The Hall–Kier alpha value is -0.610. The number of primary amides is 1. The van der Waals surface area contributed by atoms with Crippen LogP contribution in [0.25, 0.3) is 0 Å². The number of amides is 1. The maximum Gasteiger partial charge on any atom is 0.246 e. The van der Waals surface area contributed by atoms with Crippen LogP contribution in [0.4, 0.5) is 0 Å². The Morgan fingerprint density at radius 1 is 2.00 bits per heavy atom. The number of carbonyl (C=O) groups is 1. The monoisotopic (exact) mass is 132 g/mol. The second-order valence-electron chi connectivity index (χ2n) is 1.54. The van der Waals surface area contributed by atoms with Crippen LogP contribution in [0.15, 0.2) is 0 Å². The molecule has 4 heteroatoms. The molecule has 0 fully saturated rings. The van der Waals surface area contributed by atoms with E-state index in [1.165, 1.54) is 13.5 Å². The lowest BCUT2D eigenvalue weighted by atomic mass is 10.2. The lowest BCUT2D eigenvalue weighted by molar-refractivity contribution is -0.124. The fraction of sp³-hybridized carbons (Fsp3) is 0.600. The van der Waals surface area contributed by atoms with Crippen molar-refractivity contribution in [1.29, 1.82) is 0 Å². The molecule has 0 aromatic carbocycles. The van der Waals surface area contributed by atoms with Gasteiger partial charge in [0.25, 0.3) is 0 Å². The Morgan fingerprint density at radius 3 is 2.89 bits per heavy atom. The van der Waals surface area contributed by atoms with E-state index in [4.69, 9.17) is 10.8 Å². The molecular formula is C5H10NO3. The van der Waals surface area contributed by atoms with Gasteiger partial charge in [-0.3, -0.25) is 4.79 Å². The van der Waals surface area contributed by atoms with Gasteiger partial charge in [-0.05, 0) is 0 Å². The summed E-state index contributed by atoms with van der Waals surface area (Å²) in [5.74, 6) is -0.757. The smallest absolute Gasteiger partial charge is 0.246 e. The molecule has 1 atom stereocenters. The van der Waals surface area contributed by atoms with Crippen molar-refractivity contribution in [2.24, 2.45) is 5.73 Å². The van der Waals surface area contributed by atoms with Crippen molar-refractivity contribution in [2.45, 2.75) is 6.10 Å². The zero-order valence-electron chi connectivity index (χ0n) is 5.20. The Kier molecular flexibility index (Phi) is 4.00. The van der Waals surface area contributed by atoms with Gasteiger partial charge in [-0.25, -0.2) is 0 Å². The van der Waals surface area contributed by atoms with E-state index < -0.39 is 12.0 Å². The van der Waals surface area contributed by atoms with E-state index in [1.54, 1.807) is 0 Å². The first kappa shape index (κ1) is 8.39. The molecule has 4 nitrogen and oxygen atoms in total. The predicted octanol–water partition coefficient (Wildman–Crippen LogP) is -1.32. The number of carbonyl (C=O) groups excluding carboxylic acids is 1. The van der Waals surface area contributed by atoms with Gasteiger partial charge in [-0.1, -0.05) is 0 Å². The first-order valence-electron chi connectivity index (χ1n) is 2.48. The number of hydrogen-bond acceptors (Lipinski definition) is 3. The van der Waals surface area contributed by atoms with Crippen LogP contribution in [0.3, 0.4) is 0 Å². The summed E-state index contributed by atoms with van der Waals surface area (Å²) in [4.78, 5) is 10.1. The molecule has 0 rings (SSSR count). The fourth-order valence-electron chi connectivity index (χ4n) is 0.304. The number of methoxy groups -OCH3 is 1. The van der Waals surface area contributed by atoms with Crippen LogP contribution < -0.4 is 5.73 Å². The Morgan fingerprint density at radius 2 is 2.56 bits per heavy atom. The third-order valence-electron chi connectivity index (χ3n) is 0.778. The van der Waals surface area contributed by atoms with E-state index in [9.17, 15) is 4.79 Å². The van der Waals surface area contributed by atoms with Gasteiger partial charge in [-0.2, -0.15) is 0 Å². The summed E-state index contributed by atoms with van der Waals surface area (Å²) in [6.45, 7) is 0.226. The van der Waals surface area contributed by atoms with Crippen LogP contribution >= 0.6 is 0 Å². The zero-order valence-corrected chi connectivity index (χ0v) is 5.20. The maximum absolute atomic E-state index is 10.1. The van der Waals surface area contributed by atoms with Crippen molar-refractivity contribution in [2.75, 3.05) is 13.7 Å². The Bertz CT molecular complexity index is 94.2. The summed E-state index contributed by atoms with van der Waals surface area (Å²) in [7, 11) is 1.46. The third-order valence-corrected chi connectivity index (χ3v) is 0.778. The number of aliphatic hydroxyl groups excluding tert-OH is 1. The molecule has 0 aliphatic rings. The van der Waals surface area contributed by atoms with Gasteiger partial charge >= 0.3 is 0 Å². The minimum absolute atomic E-state index is 0.226. The van der Waals surface area contributed by atoms with Crippen molar-refractivity contribution in [3.63, 3.8) is 0 Å². The van der Waals surface area contributed by atoms with Crippen molar-refractivity contribution < 1.29 is 14.6 Å². The summed E-state index contributed by atoms with van der Waals surface area (Å²) >= 11 is 0. The molecule has 0 aromatic rings. The highest BCUT2D eigenvalue weighted by molar-refractivity contribution is 5.79. The van der Waals surface area contributed by atoms with Crippen molar-refractivity contribution in [3.8, 4) is 0 Å². The highest BCUT2D eigenvalue weighted by atomic mass is 16.5. The van der Waals surface area contributed by atoms with Crippen LogP contribution in [0.2, 0.25) is 0 Å². The Labute approximate surface area is 53.6 Å². The third kappa shape index (κ3) is 3.93. The van der Waals surface area contributed by atoms with E-state index in [0.29, 0.717) is 0 Å². The topological polar surface area (TPSA) is 72.6 Å². The summed E-state index contributed by atoms with van der Waals surface area (Å²) in [6, 6.07) is 0. The number of hydrogen-bond donors (Lipinski definition) is 2. The highest BCUT2D eigenvalue weighted by Gasteiger charge is 2.09. The largest absolute Gasteiger partial charge is 0.384 e.